The molecule has 0 fully saturated rings. The van der Waals surface area contributed by atoms with Gasteiger partial charge in [-0.25, -0.2) is 0 Å². The van der Waals surface area contributed by atoms with E-state index in [-0.39, 0.29) is 11.6 Å². The molecule has 88 valence electrons. The Balaban J connectivity index is 1.98. The number of nitrogen functional groups attached to an aromatic ring is 1. The standard InChI is InChI=1S/C11H12N4OS/c1-7-5-17-6-8(7)4-13-11(16)9-2-3-10(12)15-14-9/h2-3,5-6H,4H2,1H3,(H2,12,15)(H,13,16). The van der Waals surface area contributed by atoms with E-state index in [9.17, 15) is 4.79 Å². The molecule has 0 saturated carbocycles. The van der Waals surface area contributed by atoms with Crippen molar-refractivity contribution in [1.82, 2.24) is 15.5 Å². The summed E-state index contributed by atoms with van der Waals surface area (Å²) in [6.45, 7) is 2.52. The fraction of sp³-hybridized carbons (Fsp3) is 0.182. The number of nitrogens with two attached hydrogens (primary N) is 1. The van der Waals surface area contributed by atoms with E-state index in [2.05, 4.69) is 15.5 Å². The molecule has 2 rings (SSSR count). The Bertz CT molecular complexity index is 521. The molecule has 17 heavy (non-hydrogen) atoms. The monoisotopic (exact) mass is 248 g/mol. The molecule has 2 aromatic rings. The van der Waals surface area contributed by atoms with Crippen molar-refractivity contribution < 1.29 is 4.79 Å². The van der Waals surface area contributed by atoms with Crippen molar-refractivity contribution in [2.45, 2.75) is 13.5 Å². The summed E-state index contributed by atoms with van der Waals surface area (Å²) in [5.74, 6) is 0.0540. The minimum Gasteiger partial charge on any atom is -0.382 e. The van der Waals surface area contributed by atoms with Crippen molar-refractivity contribution in [2.24, 2.45) is 0 Å². The van der Waals surface area contributed by atoms with E-state index in [0.717, 1.165) is 5.56 Å². The lowest BCUT2D eigenvalue weighted by atomic mass is 10.2. The van der Waals surface area contributed by atoms with E-state index in [4.69, 9.17) is 5.73 Å². The lowest BCUT2D eigenvalue weighted by Crippen LogP contribution is -2.24. The second-order valence-electron chi connectivity index (χ2n) is 3.61. The van der Waals surface area contributed by atoms with Crippen LogP contribution in [0.2, 0.25) is 0 Å². The highest BCUT2D eigenvalue weighted by molar-refractivity contribution is 7.08. The van der Waals surface area contributed by atoms with Crippen LogP contribution in [0.4, 0.5) is 5.82 Å². The third kappa shape index (κ3) is 2.79. The molecular formula is C11H12N4OS. The average Bonchev–Trinajstić information content (AvgIpc) is 2.73. The molecule has 0 aliphatic carbocycles. The largest absolute Gasteiger partial charge is 0.382 e. The number of carbonyl (C=O) groups excluding carboxylic acids is 1. The van der Waals surface area contributed by atoms with Crippen LogP contribution in [0.5, 0.6) is 0 Å². The zero-order valence-corrected chi connectivity index (χ0v) is 10.1. The fourth-order valence-electron chi connectivity index (χ4n) is 1.30. The van der Waals surface area contributed by atoms with Gasteiger partial charge in [0.1, 0.15) is 5.82 Å². The first kappa shape index (κ1) is 11.5. The number of anilines is 1. The first-order chi connectivity index (χ1) is 8.16. The molecule has 1 amide bonds. The lowest BCUT2D eigenvalue weighted by Gasteiger charge is -2.03. The third-order valence-corrected chi connectivity index (χ3v) is 3.23. The molecule has 0 aromatic carbocycles. The number of thiophene rings is 1. The van der Waals surface area contributed by atoms with Gasteiger partial charge in [0.2, 0.25) is 0 Å². The maximum absolute atomic E-state index is 11.7. The van der Waals surface area contributed by atoms with Crippen LogP contribution in [0.3, 0.4) is 0 Å². The summed E-state index contributed by atoms with van der Waals surface area (Å²) < 4.78 is 0. The van der Waals surface area contributed by atoms with Gasteiger partial charge in [-0.2, -0.15) is 11.3 Å². The highest BCUT2D eigenvalue weighted by atomic mass is 32.1. The van der Waals surface area contributed by atoms with Crippen LogP contribution in [0.25, 0.3) is 0 Å². The molecule has 0 bridgehead atoms. The van der Waals surface area contributed by atoms with Crippen molar-refractivity contribution in [2.75, 3.05) is 5.73 Å². The minimum atomic E-state index is -0.247. The molecule has 0 spiro atoms. The SMILES string of the molecule is Cc1cscc1CNC(=O)c1ccc(N)nn1. The van der Waals surface area contributed by atoms with Crippen LogP contribution in [-0.2, 0) is 6.54 Å². The van der Waals surface area contributed by atoms with Gasteiger partial charge >= 0.3 is 0 Å². The van der Waals surface area contributed by atoms with E-state index in [1.54, 1.807) is 23.5 Å². The second kappa shape index (κ2) is 4.92. The zero-order chi connectivity index (χ0) is 12.3. The van der Waals surface area contributed by atoms with Crippen molar-refractivity contribution >= 4 is 23.1 Å². The molecule has 3 N–H and O–H groups in total. The molecule has 0 radical (unpaired) electrons. The number of hydrogen-bond donors (Lipinski definition) is 2. The molecule has 0 atom stereocenters. The molecular weight excluding hydrogens is 236 g/mol. The van der Waals surface area contributed by atoms with E-state index < -0.39 is 0 Å². The predicted molar refractivity (Wildman–Crippen MR) is 66.7 cm³/mol. The topological polar surface area (TPSA) is 80.9 Å². The maximum Gasteiger partial charge on any atom is 0.272 e. The molecule has 2 aromatic heterocycles. The van der Waals surface area contributed by atoms with E-state index >= 15 is 0 Å². The Hall–Kier alpha value is -1.95. The molecule has 5 nitrogen and oxygen atoms in total. The van der Waals surface area contributed by atoms with Crippen LogP contribution >= 0.6 is 11.3 Å². The Morgan fingerprint density at radius 2 is 2.24 bits per heavy atom. The molecule has 0 aliphatic heterocycles. The van der Waals surface area contributed by atoms with Crippen LogP contribution in [0, 0.1) is 6.92 Å². The Labute approximate surface area is 103 Å². The number of aromatic nitrogens is 2. The van der Waals surface area contributed by atoms with E-state index in [1.807, 2.05) is 17.7 Å². The Morgan fingerprint density at radius 1 is 1.41 bits per heavy atom. The highest BCUT2D eigenvalue weighted by Gasteiger charge is 2.08. The number of nitrogens with zero attached hydrogens (tertiary/aromatic N) is 2. The molecule has 6 heteroatoms. The normalized spacial score (nSPS) is 10.2. The number of amides is 1. The van der Waals surface area contributed by atoms with Gasteiger partial charge in [-0.05, 0) is 40.9 Å². The van der Waals surface area contributed by atoms with Gasteiger partial charge in [-0.3, -0.25) is 4.79 Å². The maximum atomic E-state index is 11.7. The summed E-state index contributed by atoms with van der Waals surface area (Å²) in [5, 5.41) is 14.2. The fourth-order valence-corrected chi connectivity index (χ4v) is 2.15. The lowest BCUT2D eigenvalue weighted by molar-refractivity contribution is 0.0945. The molecule has 0 aliphatic rings. The second-order valence-corrected chi connectivity index (χ2v) is 4.35. The third-order valence-electron chi connectivity index (χ3n) is 2.32. The Kier molecular flexibility index (Phi) is 3.34. The van der Waals surface area contributed by atoms with Gasteiger partial charge in [-0.1, -0.05) is 0 Å². The summed E-state index contributed by atoms with van der Waals surface area (Å²) in [6, 6.07) is 3.11. The quantitative estimate of drug-likeness (QED) is 0.859. The first-order valence-electron chi connectivity index (χ1n) is 5.06. The van der Waals surface area contributed by atoms with Gasteiger partial charge in [0.25, 0.3) is 5.91 Å². The number of nitrogens with one attached hydrogen (secondary N) is 1. The van der Waals surface area contributed by atoms with Crippen LogP contribution in [0.15, 0.2) is 22.9 Å². The smallest absolute Gasteiger partial charge is 0.272 e. The first-order valence-corrected chi connectivity index (χ1v) is 6.00. The Morgan fingerprint density at radius 3 is 2.82 bits per heavy atom. The molecule has 2 heterocycles. The van der Waals surface area contributed by atoms with Gasteiger partial charge in [-0.15, -0.1) is 10.2 Å². The van der Waals surface area contributed by atoms with Crippen LogP contribution in [-0.4, -0.2) is 16.1 Å². The van der Waals surface area contributed by atoms with Gasteiger partial charge in [0.15, 0.2) is 5.69 Å². The van der Waals surface area contributed by atoms with Gasteiger partial charge in [0, 0.05) is 6.54 Å². The van der Waals surface area contributed by atoms with Crippen LogP contribution < -0.4 is 11.1 Å². The summed E-state index contributed by atoms with van der Waals surface area (Å²) in [7, 11) is 0. The van der Waals surface area contributed by atoms with Crippen molar-refractivity contribution in [3.63, 3.8) is 0 Å². The number of aryl methyl sites for hydroxylation is 1. The average molecular weight is 248 g/mol. The van der Waals surface area contributed by atoms with E-state index in [0.29, 0.717) is 12.4 Å². The number of carbonyl (C=O) groups is 1. The summed E-state index contributed by atoms with van der Waals surface area (Å²) >= 11 is 1.62. The van der Waals surface area contributed by atoms with E-state index in [1.165, 1.54) is 5.56 Å². The molecule has 0 unspecified atom stereocenters. The summed E-state index contributed by atoms with van der Waals surface area (Å²) in [5.41, 5.74) is 7.96. The predicted octanol–water partition coefficient (Wildman–Crippen LogP) is 1.36. The number of rotatable bonds is 3. The summed E-state index contributed by atoms with van der Waals surface area (Å²) in [6.07, 6.45) is 0. The van der Waals surface area contributed by atoms with Crippen LogP contribution in [0.1, 0.15) is 21.6 Å². The van der Waals surface area contributed by atoms with Crippen molar-refractivity contribution in [1.29, 1.82) is 0 Å². The zero-order valence-electron chi connectivity index (χ0n) is 9.30. The van der Waals surface area contributed by atoms with Crippen molar-refractivity contribution in [3.8, 4) is 0 Å². The summed E-state index contributed by atoms with van der Waals surface area (Å²) in [4.78, 5) is 11.7. The highest BCUT2D eigenvalue weighted by Crippen LogP contribution is 2.13. The number of hydrogen-bond acceptors (Lipinski definition) is 5. The van der Waals surface area contributed by atoms with Crippen molar-refractivity contribution in [3.05, 3.63) is 39.7 Å². The van der Waals surface area contributed by atoms with Gasteiger partial charge in [0.05, 0.1) is 0 Å². The van der Waals surface area contributed by atoms with Gasteiger partial charge < -0.3 is 11.1 Å². The molecule has 0 saturated heterocycles. The minimum absolute atomic E-state index is 0.247.